The van der Waals surface area contributed by atoms with Gasteiger partial charge in [0, 0.05) is 33.8 Å². The van der Waals surface area contributed by atoms with Crippen molar-refractivity contribution in [3.8, 4) is 17.1 Å². The molecule has 1 aliphatic rings. The molecule has 5 aromatic rings. The molecule has 41 heavy (non-hydrogen) atoms. The van der Waals surface area contributed by atoms with Crippen molar-refractivity contribution < 1.29 is 14.1 Å². The molecule has 3 aromatic carbocycles. The monoisotopic (exact) mass is 568 g/mol. The highest BCUT2D eigenvalue weighted by Crippen LogP contribution is 2.52. The molecule has 2 atom stereocenters. The number of aromatic amines is 1. The summed E-state index contributed by atoms with van der Waals surface area (Å²) in [5, 5.41) is 21.2. The van der Waals surface area contributed by atoms with Crippen LogP contribution in [-0.4, -0.2) is 47.7 Å². The Kier molecular flexibility index (Phi) is 6.73. The standard InChI is InChI=1S/C28H21ClN8O4/c29-20-9-12-23(37-16-30-35-36-37)19(14-20)8-13-24(38)33-28(15-22(28)17-4-2-1-3-5-17)26(39)31-21-10-6-18(7-11-21)25-32-27(40)41-34-25/h1-14,16,22H,15H2,(H,31,39)(H,33,38)(H,32,34,40)/b13-8+/t22-,28+/m0/s1. The second kappa shape index (κ2) is 10.7. The van der Waals surface area contributed by atoms with Gasteiger partial charge in [-0.05, 0) is 71.0 Å². The minimum Gasteiger partial charge on any atom is -0.338 e. The van der Waals surface area contributed by atoms with E-state index in [0.29, 0.717) is 33.9 Å². The van der Waals surface area contributed by atoms with Crippen molar-refractivity contribution in [3.63, 3.8) is 0 Å². The Labute approximate surface area is 237 Å². The van der Waals surface area contributed by atoms with Crippen LogP contribution < -0.4 is 16.4 Å². The third-order valence-electron chi connectivity index (χ3n) is 6.77. The van der Waals surface area contributed by atoms with Gasteiger partial charge in [0.05, 0.1) is 5.69 Å². The molecule has 6 rings (SSSR count). The summed E-state index contributed by atoms with van der Waals surface area (Å²) in [6.07, 6.45) is 4.80. The average Bonchev–Trinajstić information content (AvgIpc) is 3.27. The smallest absolute Gasteiger partial charge is 0.338 e. The van der Waals surface area contributed by atoms with Crippen molar-refractivity contribution in [2.24, 2.45) is 0 Å². The van der Waals surface area contributed by atoms with Crippen molar-refractivity contribution in [2.75, 3.05) is 5.32 Å². The summed E-state index contributed by atoms with van der Waals surface area (Å²) in [6, 6.07) is 21.4. The lowest BCUT2D eigenvalue weighted by Crippen LogP contribution is -2.47. The summed E-state index contributed by atoms with van der Waals surface area (Å²) in [6.45, 7) is 0. The highest BCUT2D eigenvalue weighted by Gasteiger charge is 2.61. The van der Waals surface area contributed by atoms with E-state index >= 15 is 0 Å². The summed E-state index contributed by atoms with van der Waals surface area (Å²) < 4.78 is 6.00. The first-order valence-corrected chi connectivity index (χ1v) is 12.8. The Hall–Kier alpha value is -5.36. The second-order valence-electron chi connectivity index (χ2n) is 9.39. The maximum absolute atomic E-state index is 13.6. The first-order valence-electron chi connectivity index (χ1n) is 12.5. The molecule has 1 fully saturated rings. The van der Waals surface area contributed by atoms with Gasteiger partial charge in [-0.2, -0.15) is 4.68 Å². The number of hydrogen-bond acceptors (Lipinski definition) is 8. The molecule has 2 aromatic heterocycles. The van der Waals surface area contributed by atoms with E-state index in [4.69, 9.17) is 11.6 Å². The van der Waals surface area contributed by atoms with Crippen LogP contribution in [-0.2, 0) is 9.59 Å². The predicted octanol–water partition coefficient (Wildman–Crippen LogP) is 3.35. The van der Waals surface area contributed by atoms with Gasteiger partial charge in [-0.1, -0.05) is 47.1 Å². The second-order valence-corrected chi connectivity index (χ2v) is 9.83. The zero-order chi connectivity index (χ0) is 28.4. The van der Waals surface area contributed by atoms with Gasteiger partial charge in [-0.25, -0.2) is 4.79 Å². The molecule has 13 heteroatoms. The van der Waals surface area contributed by atoms with Crippen molar-refractivity contribution in [3.05, 3.63) is 112 Å². The van der Waals surface area contributed by atoms with E-state index in [9.17, 15) is 14.4 Å². The Bertz CT molecular complexity index is 1800. The molecule has 0 aliphatic heterocycles. The number of aromatic nitrogens is 6. The Morgan fingerprint density at radius 3 is 2.61 bits per heavy atom. The molecule has 12 nitrogen and oxygen atoms in total. The predicted molar refractivity (Wildman–Crippen MR) is 149 cm³/mol. The van der Waals surface area contributed by atoms with Gasteiger partial charge in [-0.3, -0.25) is 19.1 Å². The van der Waals surface area contributed by atoms with Crippen LogP contribution in [0.4, 0.5) is 5.69 Å². The van der Waals surface area contributed by atoms with Crippen LogP contribution in [0.25, 0.3) is 23.2 Å². The number of tetrazole rings is 1. The highest BCUT2D eigenvalue weighted by atomic mass is 35.5. The fraction of sp³-hybridized carbons (Fsp3) is 0.107. The maximum Gasteiger partial charge on any atom is 0.439 e. The van der Waals surface area contributed by atoms with E-state index in [1.807, 2.05) is 30.3 Å². The molecular weight excluding hydrogens is 548 g/mol. The average molecular weight is 569 g/mol. The number of H-pyrrole nitrogens is 1. The summed E-state index contributed by atoms with van der Waals surface area (Å²) in [4.78, 5) is 40.5. The molecular formula is C28H21ClN8O4. The number of nitrogens with zero attached hydrogens (tertiary/aromatic N) is 5. The zero-order valence-corrected chi connectivity index (χ0v) is 21.9. The first kappa shape index (κ1) is 25.9. The van der Waals surface area contributed by atoms with Crippen LogP contribution in [0, 0.1) is 0 Å². The lowest BCUT2D eigenvalue weighted by molar-refractivity contribution is -0.124. The number of amides is 2. The third kappa shape index (κ3) is 5.40. The minimum absolute atomic E-state index is 0.219. The molecule has 1 aliphatic carbocycles. The molecule has 0 spiro atoms. The molecule has 0 unspecified atom stereocenters. The summed E-state index contributed by atoms with van der Waals surface area (Å²) in [5.74, 6) is -1.41. The molecule has 0 bridgehead atoms. The lowest BCUT2D eigenvalue weighted by atomic mass is 10.0. The van der Waals surface area contributed by atoms with Crippen LogP contribution >= 0.6 is 11.6 Å². The van der Waals surface area contributed by atoms with E-state index in [2.05, 4.69) is 40.8 Å². The van der Waals surface area contributed by atoms with E-state index < -0.39 is 17.2 Å². The number of halogens is 1. The number of rotatable bonds is 8. The molecule has 0 saturated heterocycles. The van der Waals surface area contributed by atoms with Gasteiger partial charge in [0.25, 0.3) is 5.91 Å². The fourth-order valence-electron chi connectivity index (χ4n) is 4.67. The zero-order valence-electron chi connectivity index (χ0n) is 21.2. The summed E-state index contributed by atoms with van der Waals surface area (Å²) in [7, 11) is 0. The normalized spacial score (nSPS) is 17.8. The number of benzene rings is 3. The van der Waals surface area contributed by atoms with E-state index in [0.717, 1.165) is 5.56 Å². The molecule has 1 saturated carbocycles. The van der Waals surface area contributed by atoms with Crippen molar-refractivity contribution in [1.82, 2.24) is 35.7 Å². The van der Waals surface area contributed by atoms with Gasteiger partial charge in [0.1, 0.15) is 11.9 Å². The third-order valence-corrected chi connectivity index (χ3v) is 7.01. The number of carbonyl (C=O) groups excluding carboxylic acids is 2. The number of nitrogens with one attached hydrogen (secondary N) is 3. The quantitative estimate of drug-likeness (QED) is 0.240. The van der Waals surface area contributed by atoms with Crippen LogP contribution in [0.5, 0.6) is 0 Å². The van der Waals surface area contributed by atoms with Gasteiger partial charge in [0.15, 0.2) is 5.82 Å². The number of carbonyl (C=O) groups is 2. The molecule has 0 radical (unpaired) electrons. The van der Waals surface area contributed by atoms with Gasteiger partial charge >= 0.3 is 5.76 Å². The largest absolute Gasteiger partial charge is 0.439 e. The van der Waals surface area contributed by atoms with Crippen LogP contribution in [0.1, 0.15) is 23.5 Å². The van der Waals surface area contributed by atoms with Gasteiger partial charge < -0.3 is 10.6 Å². The molecule has 2 amide bonds. The summed E-state index contributed by atoms with van der Waals surface area (Å²) in [5.41, 5.74) is 2.14. The van der Waals surface area contributed by atoms with Crippen molar-refractivity contribution in [2.45, 2.75) is 17.9 Å². The van der Waals surface area contributed by atoms with E-state index in [-0.39, 0.29) is 17.6 Å². The van der Waals surface area contributed by atoms with E-state index in [1.165, 1.54) is 17.1 Å². The van der Waals surface area contributed by atoms with Crippen molar-refractivity contribution >= 4 is 35.2 Å². The van der Waals surface area contributed by atoms with Crippen LogP contribution in [0.2, 0.25) is 5.02 Å². The van der Waals surface area contributed by atoms with Gasteiger partial charge in [-0.15, -0.1) is 5.10 Å². The van der Waals surface area contributed by atoms with Crippen LogP contribution in [0.3, 0.4) is 0 Å². The SMILES string of the molecule is O=C(/C=C/c1cc(Cl)ccc1-n1cnnn1)N[C@]1(C(=O)Nc2ccc(-c3noc(=O)[nH]3)cc2)C[C@H]1c1ccccc1. The molecule has 2 heterocycles. The highest BCUT2D eigenvalue weighted by molar-refractivity contribution is 6.30. The number of anilines is 1. The van der Waals surface area contributed by atoms with Crippen molar-refractivity contribution in [1.29, 1.82) is 0 Å². The minimum atomic E-state index is -1.16. The Morgan fingerprint density at radius 2 is 1.90 bits per heavy atom. The molecule has 204 valence electrons. The summed E-state index contributed by atoms with van der Waals surface area (Å²) >= 11 is 6.19. The fourth-order valence-corrected chi connectivity index (χ4v) is 4.85. The Morgan fingerprint density at radius 1 is 1.10 bits per heavy atom. The first-order chi connectivity index (χ1) is 19.9. The van der Waals surface area contributed by atoms with E-state index in [1.54, 1.807) is 48.5 Å². The molecule has 3 N–H and O–H groups in total. The Balaban J connectivity index is 1.23. The topological polar surface area (TPSA) is 161 Å². The lowest BCUT2D eigenvalue weighted by Gasteiger charge is -2.19. The van der Waals surface area contributed by atoms with Gasteiger partial charge in [0.2, 0.25) is 5.91 Å². The maximum atomic E-state index is 13.6. The van der Waals surface area contributed by atoms with Crippen LogP contribution in [0.15, 0.2) is 94.5 Å². The number of hydrogen-bond donors (Lipinski definition) is 3.